The number of hydrogen-bond acceptors (Lipinski definition) is 3. The fourth-order valence-electron chi connectivity index (χ4n) is 1.40. The molecule has 0 saturated heterocycles. The molecule has 0 aliphatic carbocycles. The van der Waals surface area contributed by atoms with Crippen LogP contribution in [0.4, 0.5) is 0 Å². The highest BCUT2D eigenvalue weighted by atomic mass is 16.5. The summed E-state index contributed by atoms with van der Waals surface area (Å²) in [6.07, 6.45) is 1.49. The van der Waals surface area contributed by atoms with E-state index in [2.05, 4.69) is 0 Å². The maximum absolute atomic E-state index is 10.9. The molecular weight excluding hydrogens is 208 g/mol. The molecule has 1 rings (SSSR count). The number of ether oxygens (including phenoxy) is 1. The lowest BCUT2D eigenvalue weighted by molar-refractivity contribution is -0.130. The summed E-state index contributed by atoms with van der Waals surface area (Å²) in [5, 5.41) is 8.92. The Balaban J connectivity index is 3.22. The maximum Gasteiger partial charge on any atom is 0.336 e. The molecule has 0 spiro atoms. The standard InChI is InChI=1S/C12H12O4/c1-8-7-9(3-4-11(8)16-2)10(5-6-13)12(14)15/h3-7H,1-2H3,(H,14,15)/b10-5+. The molecule has 0 radical (unpaired) electrons. The summed E-state index contributed by atoms with van der Waals surface area (Å²) in [5.74, 6) is -0.448. The third kappa shape index (κ3) is 2.48. The highest BCUT2D eigenvalue weighted by Gasteiger charge is 2.11. The van der Waals surface area contributed by atoms with E-state index in [1.54, 1.807) is 25.3 Å². The molecule has 16 heavy (non-hydrogen) atoms. The second kappa shape index (κ2) is 5.11. The normalized spacial score (nSPS) is 11.0. The monoisotopic (exact) mass is 220 g/mol. The third-order valence-corrected chi connectivity index (χ3v) is 2.17. The van der Waals surface area contributed by atoms with Crippen LogP contribution in [0.5, 0.6) is 5.75 Å². The zero-order valence-corrected chi connectivity index (χ0v) is 9.06. The van der Waals surface area contributed by atoms with E-state index in [1.165, 1.54) is 0 Å². The summed E-state index contributed by atoms with van der Waals surface area (Å²) in [6, 6.07) is 4.95. The number of allylic oxidation sites excluding steroid dienone is 1. The van der Waals surface area contributed by atoms with Crippen molar-refractivity contribution >= 4 is 17.8 Å². The Morgan fingerprint density at radius 2 is 2.12 bits per heavy atom. The van der Waals surface area contributed by atoms with Gasteiger partial charge in [-0.15, -0.1) is 0 Å². The van der Waals surface area contributed by atoms with Gasteiger partial charge in [0.2, 0.25) is 0 Å². The highest BCUT2D eigenvalue weighted by molar-refractivity contribution is 6.18. The van der Waals surface area contributed by atoms with Crippen LogP contribution in [-0.2, 0) is 9.59 Å². The third-order valence-electron chi connectivity index (χ3n) is 2.17. The summed E-state index contributed by atoms with van der Waals surface area (Å²) in [4.78, 5) is 21.2. The average molecular weight is 220 g/mol. The Morgan fingerprint density at radius 1 is 1.44 bits per heavy atom. The van der Waals surface area contributed by atoms with Gasteiger partial charge < -0.3 is 9.84 Å². The Hall–Kier alpha value is -2.10. The molecule has 4 nitrogen and oxygen atoms in total. The largest absolute Gasteiger partial charge is 0.496 e. The number of carbonyl (C=O) groups is 2. The van der Waals surface area contributed by atoms with E-state index < -0.39 is 5.97 Å². The summed E-state index contributed by atoms with van der Waals surface area (Å²) in [5.41, 5.74) is 1.27. The number of methoxy groups -OCH3 is 1. The molecule has 0 bridgehead atoms. The van der Waals surface area contributed by atoms with Crippen LogP contribution in [0.2, 0.25) is 0 Å². The van der Waals surface area contributed by atoms with Crippen LogP contribution in [0.1, 0.15) is 11.1 Å². The molecule has 4 heteroatoms. The Morgan fingerprint density at radius 3 is 2.56 bits per heavy atom. The smallest absolute Gasteiger partial charge is 0.336 e. The molecule has 0 amide bonds. The van der Waals surface area contributed by atoms with E-state index >= 15 is 0 Å². The first-order valence-electron chi connectivity index (χ1n) is 4.64. The van der Waals surface area contributed by atoms with Crippen LogP contribution < -0.4 is 4.74 Å². The van der Waals surface area contributed by atoms with Crippen LogP contribution in [0.15, 0.2) is 24.3 Å². The van der Waals surface area contributed by atoms with Gasteiger partial charge in [0.1, 0.15) is 12.0 Å². The highest BCUT2D eigenvalue weighted by Crippen LogP contribution is 2.23. The predicted molar refractivity (Wildman–Crippen MR) is 59.4 cm³/mol. The van der Waals surface area contributed by atoms with Gasteiger partial charge in [0.15, 0.2) is 0 Å². The van der Waals surface area contributed by atoms with Gasteiger partial charge in [-0.25, -0.2) is 4.79 Å². The van der Waals surface area contributed by atoms with Gasteiger partial charge in [-0.3, -0.25) is 4.79 Å². The molecule has 0 saturated carbocycles. The number of aldehydes is 1. The number of rotatable bonds is 4. The molecule has 84 valence electrons. The fraction of sp³-hybridized carbons (Fsp3) is 0.167. The molecule has 1 aromatic rings. The fourth-order valence-corrected chi connectivity index (χ4v) is 1.40. The quantitative estimate of drug-likeness (QED) is 0.619. The van der Waals surface area contributed by atoms with Crippen molar-refractivity contribution in [1.82, 2.24) is 0 Å². The molecule has 0 atom stereocenters. The minimum atomic E-state index is -1.13. The summed E-state index contributed by atoms with van der Waals surface area (Å²) < 4.78 is 5.06. The zero-order chi connectivity index (χ0) is 12.1. The second-order valence-corrected chi connectivity index (χ2v) is 3.21. The van der Waals surface area contributed by atoms with Crippen molar-refractivity contribution in [1.29, 1.82) is 0 Å². The van der Waals surface area contributed by atoms with Gasteiger partial charge in [0.25, 0.3) is 0 Å². The van der Waals surface area contributed by atoms with Crippen LogP contribution in [0.3, 0.4) is 0 Å². The van der Waals surface area contributed by atoms with Gasteiger partial charge in [0, 0.05) is 0 Å². The summed E-state index contributed by atoms with van der Waals surface area (Å²) >= 11 is 0. The van der Waals surface area contributed by atoms with E-state index in [4.69, 9.17) is 9.84 Å². The first-order valence-corrected chi connectivity index (χ1v) is 4.64. The number of benzene rings is 1. The van der Waals surface area contributed by atoms with Crippen molar-refractivity contribution in [2.45, 2.75) is 6.92 Å². The van der Waals surface area contributed by atoms with Gasteiger partial charge in [-0.1, -0.05) is 6.07 Å². The van der Waals surface area contributed by atoms with E-state index in [0.717, 1.165) is 11.6 Å². The number of carboxylic acid groups (broad SMARTS) is 1. The summed E-state index contributed by atoms with van der Waals surface area (Å²) in [7, 11) is 1.54. The SMILES string of the molecule is COc1ccc(/C(=C\C=O)C(=O)O)cc1C. The first-order chi connectivity index (χ1) is 7.60. The van der Waals surface area contributed by atoms with Gasteiger partial charge in [-0.05, 0) is 36.3 Å². The number of carboxylic acids is 1. The Kier molecular flexibility index (Phi) is 3.83. The van der Waals surface area contributed by atoms with Crippen molar-refractivity contribution in [3.05, 3.63) is 35.4 Å². The minimum Gasteiger partial charge on any atom is -0.496 e. The molecule has 0 aliphatic heterocycles. The molecule has 0 aliphatic rings. The number of carbonyl (C=O) groups excluding carboxylic acids is 1. The maximum atomic E-state index is 10.9. The first kappa shape index (κ1) is 12.0. The van der Waals surface area contributed by atoms with Crippen molar-refractivity contribution in [3.8, 4) is 5.75 Å². The predicted octanol–water partition coefficient (Wildman–Crippen LogP) is 1.67. The molecule has 0 aromatic heterocycles. The van der Waals surface area contributed by atoms with Gasteiger partial charge in [-0.2, -0.15) is 0 Å². The van der Waals surface area contributed by atoms with E-state index in [9.17, 15) is 9.59 Å². The lowest BCUT2D eigenvalue weighted by atomic mass is 10.0. The molecule has 0 heterocycles. The Bertz CT molecular complexity index is 446. The summed E-state index contributed by atoms with van der Waals surface area (Å²) in [6.45, 7) is 1.81. The van der Waals surface area contributed by atoms with Gasteiger partial charge >= 0.3 is 5.97 Å². The molecular formula is C12H12O4. The van der Waals surface area contributed by atoms with Crippen LogP contribution in [-0.4, -0.2) is 24.5 Å². The topological polar surface area (TPSA) is 63.6 Å². The van der Waals surface area contributed by atoms with Crippen LogP contribution in [0, 0.1) is 6.92 Å². The van der Waals surface area contributed by atoms with Crippen molar-refractivity contribution < 1.29 is 19.4 Å². The number of hydrogen-bond donors (Lipinski definition) is 1. The lowest BCUT2D eigenvalue weighted by Crippen LogP contribution is -2.01. The van der Waals surface area contributed by atoms with Crippen LogP contribution in [0.25, 0.3) is 5.57 Å². The zero-order valence-electron chi connectivity index (χ0n) is 9.06. The van der Waals surface area contributed by atoms with E-state index in [1.807, 2.05) is 6.92 Å². The second-order valence-electron chi connectivity index (χ2n) is 3.21. The number of aliphatic carboxylic acids is 1. The number of aryl methyl sites for hydroxylation is 1. The van der Waals surface area contributed by atoms with Crippen molar-refractivity contribution in [2.75, 3.05) is 7.11 Å². The molecule has 0 unspecified atom stereocenters. The van der Waals surface area contributed by atoms with Crippen LogP contribution >= 0.6 is 0 Å². The average Bonchev–Trinajstić information content (AvgIpc) is 2.25. The van der Waals surface area contributed by atoms with Crippen molar-refractivity contribution in [2.24, 2.45) is 0 Å². The molecule has 1 N–H and O–H groups in total. The van der Waals surface area contributed by atoms with E-state index in [0.29, 0.717) is 17.6 Å². The lowest BCUT2D eigenvalue weighted by Gasteiger charge is -2.07. The molecule has 0 fully saturated rings. The Labute approximate surface area is 93.2 Å². The minimum absolute atomic E-state index is 0.0271. The van der Waals surface area contributed by atoms with Gasteiger partial charge in [0.05, 0.1) is 12.7 Å². The van der Waals surface area contributed by atoms with E-state index in [-0.39, 0.29) is 5.57 Å². The molecule has 1 aromatic carbocycles. The van der Waals surface area contributed by atoms with Crippen molar-refractivity contribution in [3.63, 3.8) is 0 Å².